The maximum absolute atomic E-state index is 13.0. The molecule has 0 aliphatic carbocycles. The van der Waals surface area contributed by atoms with E-state index >= 15 is 0 Å². The van der Waals surface area contributed by atoms with Gasteiger partial charge in [-0.05, 0) is 42.8 Å². The van der Waals surface area contributed by atoms with E-state index in [0.717, 1.165) is 4.90 Å². The predicted molar refractivity (Wildman–Crippen MR) is 117 cm³/mol. The van der Waals surface area contributed by atoms with E-state index in [-0.39, 0.29) is 24.1 Å². The first kappa shape index (κ1) is 22.9. The molecule has 0 fully saturated rings. The molecule has 8 heteroatoms. The van der Waals surface area contributed by atoms with Crippen LogP contribution in [0.2, 0.25) is 15.1 Å². The number of likely N-dealkylation sites (N-methyl/N-ethyl adjacent to an activating group) is 1. The molecule has 0 aliphatic rings. The van der Waals surface area contributed by atoms with Gasteiger partial charge in [-0.2, -0.15) is 0 Å². The Morgan fingerprint density at radius 3 is 2.21 bits per heavy atom. The molecular formula is C20H21Cl3N2O2S. The van der Waals surface area contributed by atoms with Gasteiger partial charge in [-0.3, -0.25) is 9.59 Å². The largest absolute Gasteiger partial charge is 0.357 e. The van der Waals surface area contributed by atoms with Crippen LogP contribution in [-0.2, 0) is 16.1 Å². The van der Waals surface area contributed by atoms with Crippen molar-refractivity contribution >= 4 is 58.4 Å². The highest BCUT2D eigenvalue weighted by atomic mass is 35.5. The summed E-state index contributed by atoms with van der Waals surface area (Å²) < 4.78 is 0. The Balaban J connectivity index is 2.24. The minimum atomic E-state index is -0.615. The molecule has 2 rings (SSSR count). The van der Waals surface area contributed by atoms with Crippen LogP contribution in [0.4, 0.5) is 0 Å². The molecule has 28 heavy (non-hydrogen) atoms. The highest BCUT2D eigenvalue weighted by Gasteiger charge is 2.29. The molecule has 2 aromatic carbocycles. The molecule has 0 saturated heterocycles. The number of benzene rings is 2. The maximum Gasteiger partial charge on any atom is 0.242 e. The lowest BCUT2D eigenvalue weighted by molar-refractivity contribution is -0.139. The van der Waals surface area contributed by atoms with E-state index < -0.39 is 6.04 Å². The van der Waals surface area contributed by atoms with Crippen molar-refractivity contribution in [1.29, 1.82) is 0 Å². The van der Waals surface area contributed by atoms with Crippen LogP contribution < -0.4 is 5.32 Å². The van der Waals surface area contributed by atoms with Gasteiger partial charge in [0.25, 0.3) is 0 Å². The lowest BCUT2D eigenvalue weighted by atomic mass is 10.1. The summed E-state index contributed by atoms with van der Waals surface area (Å²) in [5, 5.41) is 4.18. The highest BCUT2D eigenvalue weighted by molar-refractivity contribution is 8.00. The molecule has 0 spiro atoms. The van der Waals surface area contributed by atoms with Crippen LogP contribution in [0.25, 0.3) is 0 Å². The lowest BCUT2D eigenvalue weighted by Gasteiger charge is -2.30. The van der Waals surface area contributed by atoms with Gasteiger partial charge in [0, 0.05) is 39.1 Å². The van der Waals surface area contributed by atoms with Crippen molar-refractivity contribution in [3.8, 4) is 0 Å². The fourth-order valence-electron chi connectivity index (χ4n) is 2.70. The third-order valence-electron chi connectivity index (χ3n) is 4.20. The summed E-state index contributed by atoms with van der Waals surface area (Å²) in [6.07, 6.45) is 0.471. The minimum absolute atomic E-state index is 0.157. The molecule has 0 unspecified atom stereocenters. The summed E-state index contributed by atoms with van der Waals surface area (Å²) >= 11 is 19.9. The van der Waals surface area contributed by atoms with Crippen LogP contribution in [0.1, 0.15) is 18.9 Å². The Morgan fingerprint density at radius 2 is 1.68 bits per heavy atom. The van der Waals surface area contributed by atoms with Crippen molar-refractivity contribution in [2.75, 3.05) is 12.8 Å². The fourth-order valence-corrected chi connectivity index (χ4v) is 4.13. The number of amides is 2. The van der Waals surface area contributed by atoms with E-state index in [4.69, 9.17) is 34.8 Å². The van der Waals surface area contributed by atoms with Crippen molar-refractivity contribution < 1.29 is 9.59 Å². The monoisotopic (exact) mass is 458 g/mol. The van der Waals surface area contributed by atoms with E-state index in [9.17, 15) is 9.59 Å². The molecule has 0 radical (unpaired) electrons. The third-order valence-corrected chi connectivity index (χ3v) is 6.16. The van der Waals surface area contributed by atoms with Gasteiger partial charge < -0.3 is 10.2 Å². The average Bonchev–Trinajstić information content (AvgIpc) is 2.69. The van der Waals surface area contributed by atoms with E-state index in [1.807, 2.05) is 19.1 Å². The fraction of sp³-hybridized carbons (Fsp3) is 0.300. The Morgan fingerprint density at radius 1 is 1.07 bits per heavy atom. The Hall–Kier alpha value is -1.40. The van der Waals surface area contributed by atoms with Crippen LogP contribution in [0.5, 0.6) is 0 Å². The third kappa shape index (κ3) is 6.05. The maximum atomic E-state index is 13.0. The number of nitrogens with zero attached hydrogens (tertiary/aromatic N) is 1. The second-order valence-corrected chi connectivity index (χ2v) is 8.30. The molecule has 1 N–H and O–H groups in total. The van der Waals surface area contributed by atoms with Gasteiger partial charge in [-0.25, -0.2) is 0 Å². The number of rotatable bonds is 8. The van der Waals surface area contributed by atoms with Crippen LogP contribution in [0, 0.1) is 0 Å². The van der Waals surface area contributed by atoms with E-state index in [1.54, 1.807) is 37.4 Å². The van der Waals surface area contributed by atoms with Gasteiger partial charge >= 0.3 is 0 Å². The van der Waals surface area contributed by atoms with Gasteiger partial charge in [0.2, 0.25) is 11.8 Å². The van der Waals surface area contributed by atoms with Crippen molar-refractivity contribution in [1.82, 2.24) is 10.2 Å². The summed E-state index contributed by atoms with van der Waals surface area (Å²) in [5.74, 6) is -0.223. The zero-order valence-electron chi connectivity index (χ0n) is 15.5. The van der Waals surface area contributed by atoms with Gasteiger partial charge in [-0.15, -0.1) is 11.8 Å². The Kier molecular flexibility index (Phi) is 8.96. The topological polar surface area (TPSA) is 49.4 Å². The number of nitrogens with one attached hydrogen (secondary N) is 1. The van der Waals surface area contributed by atoms with Crippen molar-refractivity contribution in [2.24, 2.45) is 0 Å². The molecule has 4 nitrogen and oxygen atoms in total. The molecule has 2 amide bonds. The normalized spacial score (nSPS) is 11.8. The summed E-state index contributed by atoms with van der Waals surface area (Å²) in [5.41, 5.74) is 0.623. The quantitative estimate of drug-likeness (QED) is 0.545. The van der Waals surface area contributed by atoms with Crippen molar-refractivity contribution in [3.63, 3.8) is 0 Å². The average molecular weight is 460 g/mol. The van der Waals surface area contributed by atoms with Crippen LogP contribution in [0.3, 0.4) is 0 Å². The molecule has 0 heterocycles. The second kappa shape index (κ2) is 11.0. The minimum Gasteiger partial charge on any atom is -0.357 e. The summed E-state index contributed by atoms with van der Waals surface area (Å²) in [6, 6.07) is 11.8. The van der Waals surface area contributed by atoms with Gasteiger partial charge in [0.1, 0.15) is 6.04 Å². The first-order chi connectivity index (χ1) is 13.4. The molecule has 2 aromatic rings. The first-order valence-corrected chi connectivity index (χ1v) is 10.8. The van der Waals surface area contributed by atoms with Gasteiger partial charge in [0.05, 0.1) is 5.75 Å². The van der Waals surface area contributed by atoms with Crippen LogP contribution in [-0.4, -0.2) is 35.6 Å². The summed E-state index contributed by atoms with van der Waals surface area (Å²) in [4.78, 5) is 27.9. The number of carbonyl (C=O) groups is 2. The standard InChI is InChI=1S/C20H21Cl3N2O2S/c1-3-18(20(27)24-2)25(11-15-16(22)5-4-6-17(15)23)19(26)12-28-14-9-7-13(21)8-10-14/h4-10,18H,3,11-12H2,1-2H3,(H,24,27)/t18-/m1/s1. The van der Waals surface area contributed by atoms with Crippen molar-refractivity contribution in [3.05, 3.63) is 63.1 Å². The lowest BCUT2D eigenvalue weighted by Crippen LogP contribution is -2.48. The number of hydrogen-bond acceptors (Lipinski definition) is 3. The Bertz CT molecular complexity index is 810. The predicted octanol–water partition coefficient (Wildman–Crippen LogP) is 5.29. The highest BCUT2D eigenvalue weighted by Crippen LogP contribution is 2.28. The summed E-state index contributed by atoms with van der Waals surface area (Å²) in [7, 11) is 1.55. The number of hydrogen-bond donors (Lipinski definition) is 1. The number of thioether (sulfide) groups is 1. The molecule has 0 saturated carbocycles. The van der Waals surface area contributed by atoms with E-state index in [1.165, 1.54) is 16.7 Å². The van der Waals surface area contributed by atoms with Crippen LogP contribution >= 0.6 is 46.6 Å². The zero-order chi connectivity index (χ0) is 20.7. The number of carbonyl (C=O) groups excluding carboxylic acids is 2. The van der Waals surface area contributed by atoms with E-state index in [0.29, 0.717) is 27.1 Å². The second-order valence-electron chi connectivity index (χ2n) is 6.00. The molecule has 0 aliphatic heterocycles. The van der Waals surface area contributed by atoms with Gasteiger partial charge in [-0.1, -0.05) is 47.8 Å². The van der Waals surface area contributed by atoms with Crippen molar-refractivity contribution in [2.45, 2.75) is 30.8 Å². The molecular weight excluding hydrogens is 439 g/mol. The SMILES string of the molecule is CC[C@H](C(=O)NC)N(Cc1c(Cl)cccc1Cl)C(=O)CSc1ccc(Cl)cc1. The summed E-state index contributed by atoms with van der Waals surface area (Å²) in [6.45, 7) is 2.02. The zero-order valence-corrected chi connectivity index (χ0v) is 18.6. The molecule has 0 aromatic heterocycles. The van der Waals surface area contributed by atoms with E-state index in [2.05, 4.69) is 5.32 Å². The number of halogens is 3. The first-order valence-electron chi connectivity index (χ1n) is 8.69. The Labute approximate surface area is 184 Å². The van der Waals surface area contributed by atoms with Gasteiger partial charge in [0.15, 0.2) is 0 Å². The molecule has 0 bridgehead atoms. The molecule has 150 valence electrons. The molecule has 1 atom stereocenters. The van der Waals surface area contributed by atoms with Crippen LogP contribution in [0.15, 0.2) is 47.4 Å². The smallest absolute Gasteiger partial charge is 0.242 e.